The normalized spacial score (nSPS) is 14.8. The van der Waals surface area contributed by atoms with Crippen LogP contribution in [0.25, 0.3) is 0 Å². The van der Waals surface area contributed by atoms with E-state index in [1.165, 1.54) is 16.8 Å². The van der Waals surface area contributed by atoms with E-state index in [4.69, 9.17) is 5.11 Å². The van der Waals surface area contributed by atoms with Crippen LogP contribution in [-0.4, -0.2) is 46.5 Å². The number of carboxylic acid groups (broad SMARTS) is 1. The Morgan fingerprint density at radius 3 is 2.83 bits per heavy atom. The van der Waals surface area contributed by atoms with Crippen LogP contribution in [0.1, 0.15) is 29.8 Å². The second-order valence-electron chi connectivity index (χ2n) is 4.10. The number of thiazole rings is 1. The molecule has 7 heteroatoms. The Hall–Kier alpha value is -1.63. The Balaban J connectivity index is 1.79. The van der Waals surface area contributed by atoms with Crippen molar-refractivity contribution >= 4 is 28.2 Å². The molecule has 0 saturated carbocycles. The number of carbonyl (C=O) groups is 2. The second kappa shape index (κ2) is 5.81. The monoisotopic (exact) mass is 269 g/mol. The molecule has 98 valence electrons. The van der Waals surface area contributed by atoms with E-state index in [1.54, 1.807) is 0 Å². The molecule has 18 heavy (non-hydrogen) atoms. The van der Waals surface area contributed by atoms with Gasteiger partial charge in [-0.25, -0.2) is 9.78 Å². The summed E-state index contributed by atoms with van der Waals surface area (Å²) in [5.74, 6) is -0.925. The number of carbonyl (C=O) groups excluding carboxylic acids is 1. The Morgan fingerprint density at radius 1 is 1.44 bits per heavy atom. The maximum absolute atomic E-state index is 11.7. The zero-order valence-electron chi connectivity index (χ0n) is 9.89. The summed E-state index contributed by atoms with van der Waals surface area (Å²) >= 11 is 1.23. The van der Waals surface area contributed by atoms with Gasteiger partial charge in [0.15, 0.2) is 5.69 Å². The third-order valence-corrected chi connectivity index (χ3v) is 3.64. The molecule has 1 aromatic rings. The molecule has 0 spiro atoms. The van der Waals surface area contributed by atoms with Crippen molar-refractivity contribution in [1.82, 2.24) is 9.88 Å². The number of aromatic nitrogens is 1. The predicted octanol–water partition coefficient (Wildman–Crippen LogP) is 1.27. The predicted molar refractivity (Wildman–Crippen MR) is 68.0 cm³/mol. The highest BCUT2D eigenvalue weighted by Gasteiger charge is 2.18. The van der Waals surface area contributed by atoms with E-state index in [0.29, 0.717) is 18.0 Å². The lowest BCUT2D eigenvalue weighted by Crippen LogP contribution is -2.29. The minimum atomic E-state index is -1.05. The minimum Gasteiger partial charge on any atom is -0.476 e. The number of nitrogens with one attached hydrogen (secondary N) is 1. The maximum Gasteiger partial charge on any atom is 0.357 e. The van der Waals surface area contributed by atoms with Gasteiger partial charge in [-0.05, 0) is 12.8 Å². The van der Waals surface area contributed by atoms with E-state index in [-0.39, 0.29) is 11.6 Å². The third kappa shape index (κ3) is 2.98. The molecule has 0 unspecified atom stereocenters. The molecule has 6 nitrogen and oxygen atoms in total. The fourth-order valence-corrected chi connectivity index (χ4v) is 2.63. The molecular formula is C11H15N3O3S. The topological polar surface area (TPSA) is 82.5 Å². The lowest BCUT2D eigenvalue weighted by molar-refractivity contribution is -0.129. The number of amides is 1. The van der Waals surface area contributed by atoms with Crippen LogP contribution in [0.4, 0.5) is 5.00 Å². The third-order valence-electron chi connectivity index (χ3n) is 2.85. The Kier molecular flexibility index (Phi) is 4.14. The average Bonchev–Trinajstić information content (AvgIpc) is 2.99. The molecule has 1 amide bonds. The van der Waals surface area contributed by atoms with Gasteiger partial charge in [0.05, 0.1) is 5.51 Å². The fourth-order valence-electron chi connectivity index (χ4n) is 1.93. The van der Waals surface area contributed by atoms with Crippen molar-refractivity contribution in [1.29, 1.82) is 0 Å². The highest BCUT2D eigenvalue weighted by Crippen LogP contribution is 2.20. The van der Waals surface area contributed by atoms with Crippen molar-refractivity contribution in [2.45, 2.75) is 19.3 Å². The number of carboxylic acids is 1. The smallest absolute Gasteiger partial charge is 0.357 e. The lowest BCUT2D eigenvalue weighted by atomic mass is 10.3. The van der Waals surface area contributed by atoms with Crippen molar-refractivity contribution in [3.63, 3.8) is 0 Å². The van der Waals surface area contributed by atoms with E-state index in [1.807, 2.05) is 4.90 Å². The van der Waals surface area contributed by atoms with Crippen LogP contribution >= 0.6 is 11.3 Å². The number of hydrogen-bond donors (Lipinski definition) is 2. The van der Waals surface area contributed by atoms with Gasteiger partial charge in [0.2, 0.25) is 5.91 Å². The van der Waals surface area contributed by atoms with Gasteiger partial charge in [-0.1, -0.05) is 0 Å². The molecule has 1 aromatic heterocycles. The number of anilines is 1. The standard InChI is InChI=1S/C11H15N3O3S/c15-8(14-5-1-2-6-14)3-4-12-10-9(11(16)17)13-7-18-10/h7,12H,1-6H2,(H,16,17). The first-order valence-electron chi connectivity index (χ1n) is 5.87. The Bertz CT molecular complexity index is 440. The number of aromatic carboxylic acids is 1. The summed E-state index contributed by atoms with van der Waals surface area (Å²) < 4.78 is 0. The molecule has 0 aliphatic carbocycles. The van der Waals surface area contributed by atoms with Gasteiger partial charge in [0.25, 0.3) is 0 Å². The molecule has 2 N–H and O–H groups in total. The fraction of sp³-hybridized carbons (Fsp3) is 0.545. The van der Waals surface area contributed by atoms with Crippen LogP contribution in [0.2, 0.25) is 0 Å². The van der Waals surface area contributed by atoms with Crippen LogP contribution in [-0.2, 0) is 4.79 Å². The number of likely N-dealkylation sites (tertiary alicyclic amines) is 1. The summed E-state index contributed by atoms with van der Waals surface area (Å²) in [6.07, 6.45) is 2.55. The van der Waals surface area contributed by atoms with Gasteiger partial charge < -0.3 is 15.3 Å². The van der Waals surface area contributed by atoms with Crippen LogP contribution in [0.5, 0.6) is 0 Å². The molecule has 0 bridgehead atoms. The Labute approximate surface area is 109 Å². The van der Waals surface area contributed by atoms with Gasteiger partial charge >= 0.3 is 5.97 Å². The second-order valence-corrected chi connectivity index (χ2v) is 4.95. The lowest BCUT2D eigenvalue weighted by Gasteiger charge is -2.15. The van der Waals surface area contributed by atoms with E-state index >= 15 is 0 Å². The molecule has 0 aromatic carbocycles. The number of rotatable bonds is 5. The average molecular weight is 269 g/mol. The summed E-state index contributed by atoms with van der Waals surface area (Å²) in [7, 11) is 0. The highest BCUT2D eigenvalue weighted by molar-refractivity contribution is 7.14. The van der Waals surface area contributed by atoms with Crippen molar-refractivity contribution in [2.75, 3.05) is 25.0 Å². The van der Waals surface area contributed by atoms with Gasteiger partial charge in [0.1, 0.15) is 5.00 Å². The zero-order chi connectivity index (χ0) is 13.0. The molecule has 0 radical (unpaired) electrons. The largest absolute Gasteiger partial charge is 0.476 e. The molecule has 1 aliphatic rings. The first-order chi connectivity index (χ1) is 8.68. The molecular weight excluding hydrogens is 254 g/mol. The molecule has 2 rings (SSSR count). The molecule has 1 aliphatic heterocycles. The first-order valence-corrected chi connectivity index (χ1v) is 6.75. The summed E-state index contributed by atoms with van der Waals surface area (Å²) in [6.45, 7) is 2.14. The minimum absolute atomic E-state index is 0.0219. The van der Waals surface area contributed by atoms with Crippen molar-refractivity contribution in [2.24, 2.45) is 0 Å². The van der Waals surface area contributed by atoms with Gasteiger partial charge in [-0.15, -0.1) is 11.3 Å². The zero-order valence-corrected chi connectivity index (χ0v) is 10.7. The molecule has 2 heterocycles. The van der Waals surface area contributed by atoms with Crippen LogP contribution in [0.3, 0.4) is 0 Å². The summed E-state index contributed by atoms with van der Waals surface area (Å²) in [5, 5.41) is 12.3. The maximum atomic E-state index is 11.7. The van der Waals surface area contributed by atoms with E-state index in [0.717, 1.165) is 25.9 Å². The highest BCUT2D eigenvalue weighted by atomic mass is 32.1. The molecule has 0 atom stereocenters. The van der Waals surface area contributed by atoms with Gasteiger partial charge in [-0.3, -0.25) is 4.79 Å². The summed E-state index contributed by atoms with van der Waals surface area (Å²) in [6, 6.07) is 0. The summed E-state index contributed by atoms with van der Waals surface area (Å²) in [4.78, 5) is 28.2. The SMILES string of the molecule is O=C(O)c1ncsc1NCCC(=O)N1CCCC1. The van der Waals surface area contributed by atoms with Crippen LogP contribution < -0.4 is 5.32 Å². The number of nitrogens with zero attached hydrogens (tertiary/aromatic N) is 2. The summed E-state index contributed by atoms with van der Waals surface area (Å²) in [5.41, 5.74) is 1.50. The van der Waals surface area contributed by atoms with E-state index < -0.39 is 5.97 Å². The van der Waals surface area contributed by atoms with Crippen molar-refractivity contribution in [3.8, 4) is 0 Å². The molecule has 1 saturated heterocycles. The van der Waals surface area contributed by atoms with E-state index in [9.17, 15) is 9.59 Å². The van der Waals surface area contributed by atoms with Gasteiger partial charge in [-0.2, -0.15) is 0 Å². The first kappa shape index (κ1) is 12.8. The van der Waals surface area contributed by atoms with Crippen molar-refractivity contribution < 1.29 is 14.7 Å². The van der Waals surface area contributed by atoms with Crippen LogP contribution in [0.15, 0.2) is 5.51 Å². The van der Waals surface area contributed by atoms with Gasteiger partial charge in [0, 0.05) is 26.1 Å². The van der Waals surface area contributed by atoms with Crippen LogP contribution in [0, 0.1) is 0 Å². The number of hydrogen-bond acceptors (Lipinski definition) is 5. The van der Waals surface area contributed by atoms with E-state index in [2.05, 4.69) is 10.3 Å². The quantitative estimate of drug-likeness (QED) is 0.841. The van der Waals surface area contributed by atoms with Crippen molar-refractivity contribution in [3.05, 3.63) is 11.2 Å². The Morgan fingerprint density at radius 2 is 2.17 bits per heavy atom. The molecule has 1 fully saturated rings.